The Morgan fingerprint density at radius 2 is 2.09 bits per heavy atom. The van der Waals surface area contributed by atoms with Crippen molar-refractivity contribution in [1.29, 1.82) is 0 Å². The lowest BCUT2D eigenvalue weighted by atomic mass is 9.74. The van der Waals surface area contributed by atoms with Gasteiger partial charge in [-0.05, 0) is 50.5 Å². The van der Waals surface area contributed by atoms with Gasteiger partial charge in [0.25, 0.3) is 5.91 Å². The largest absolute Gasteiger partial charge is 0.351 e. The van der Waals surface area contributed by atoms with Gasteiger partial charge in [0.2, 0.25) is 5.91 Å². The molecule has 1 aromatic rings. The summed E-state index contributed by atoms with van der Waals surface area (Å²) in [5.74, 6) is -0.287. The Morgan fingerprint density at radius 3 is 2.78 bits per heavy atom. The van der Waals surface area contributed by atoms with Gasteiger partial charge in [0, 0.05) is 36.5 Å². The molecule has 124 valence electrons. The van der Waals surface area contributed by atoms with Crippen LogP contribution in [0.25, 0.3) is 0 Å². The molecule has 1 saturated heterocycles. The lowest BCUT2D eigenvalue weighted by Crippen LogP contribution is -2.55. The molecule has 1 aliphatic heterocycles. The number of nitrogens with one attached hydrogen (secondary N) is 1. The molecule has 2 atom stereocenters. The standard InChI is InChI=1S/C18H23FN2O2/c1-2-21-15-4-3-10-18(15,11-9-16(21)22)12-20-17(23)13-5-7-14(19)8-6-13/h5-8,15H,2-4,9-12H2,1H3,(H,20,23)/t15-,18+/m1/s1. The van der Waals surface area contributed by atoms with Crippen LogP contribution >= 0.6 is 0 Å². The third-order valence-electron chi connectivity index (χ3n) is 5.44. The van der Waals surface area contributed by atoms with E-state index in [1.165, 1.54) is 24.3 Å². The van der Waals surface area contributed by atoms with Crippen molar-refractivity contribution in [1.82, 2.24) is 10.2 Å². The molecule has 0 bridgehead atoms. The van der Waals surface area contributed by atoms with Crippen LogP contribution in [0.2, 0.25) is 0 Å². The number of benzene rings is 1. The summed E-state index contributed by atoms with van der Waals surface area (Å²) in [5.41, 5.74) is 0.469. The highest BCUT2D eigenvalue weighted by molar-refractivity contribution is 5.94. The Balaban J connectivity index is 1.70. The van der Waals surface area contributed by atoms with E-state index in [9.17, 15) is 14.0 Å². The lowest BCUT2D eigenvalue weighted by Gasteiger charge is -2.46. The van der Waals surface area contributed by atoms with E-state index in [1.807, 2.05) is 11.8 Å². The van der Waals surface area contributed by atoms with E-state index in [0.717, 1.165) is 32.2 Å². The van der Waals surface area contributed by atoms with Gasteiger partial charge >= 0.3 is 0 Å². The Morgan fingerprint density at radius 1 is 1.35 bits per heavy atom. The van der Waals surface area contributed by atoms with Crippen LogP contribution in [-0.4, -0.2) is 35.8 Å². The van der Waals surface area contributed by atoms with Gasteiger partial charge in [0.05, 0.1) is 0 Å². The minimum atomic E-state index is -0.347. The molecule has 4 nitrogen and oxygen atoms in total. The third-order valence-corrected chi connectivity index (χ3v) is 5.44. The molecule has 1 aliphatic carbocycles. The molecule has 0 unspecified atom stereocenters. The van der Waals surface area contributed by atoms with Crippen molar-refractivity contribution >= 4 is 11.8 Å². The van der Waals surface area contributed by atoms with E-state index in [1.54, 1.807) is 0 Å². The molecule has 2 amide bonds. The van der Waals surface area contributed by atoms with Crippen LogP contribution in [0, 0.1) is 11.2 Å². The van der Waals surface area contributed by atoms with Gasteiger partial charge in [-0.25, -0.2) is 4.39 Å². The van der Waals surface area contributed by atoms with Crippen LogP contribution in [0.1, 0.15) is 49.4 Å². The summed E-state index contributed by atoms with van der Waals surface area (Å²) >= 11 is 0. The highest BCUT2D eigenvalue weighted by Gasteiger charge is 2.49. The first-order valence-corrected chi connectivity index (χ1v) is 8.39. The number of hydrogen-bond acceptors (Lipinski definition) is 2. The molecule has 2 aliphatic rings. The van der Waals surface area contributed by atoms with E-state index in [-0.39, 0.29) is 29.1 Å². The molecule has 1 N–H and O–H groups in total. The number of halogens is 1. The predicted octanol–water partition coefficient (Wildman–Crippen LogP) is 2.74. The molecule has 1 heterocycles. The maximum Gasteiger partial charge on any atom is 0.251 e. The third kappa shape index (κ3) is 2.96. The maximum atomic E-state index is 13.0. The number of amides is 2. The molecule has 1 aromatic carbocycles. The summed E-state index contributed by atoms with van der Waals surface area (Å²) in [5, 5.41) is 3.01. The molecule has 0 spiro atoms. The Bertz CT molecular complexity index is 602. The van der Waals surface area contributed by atoms with Crippen LogP contribution in [-0.2, 0) is 4.79 Å². The van der Waals surface area contributed by atoms with Crippen molar-refractivity contribution in [3.05, 3.63) is 35.6 Å². The van der Waals surface area contributed by atoms with Crippen molar-refractivity contribution in [2.75, 3.05) is 13.1 Å². The normalized spacial score (nSPS) is 27.0. The Hall–Kier alpha value is -1.91. The minimum absolute atomic E-state index is 0.000387. The van der Waals surface area contributed by atoms with Gasteiger partial charge in [0.1, 0.15) is 5.82 Å². The van der Waals surface area contributed by atoms with E-state index in [2.05, 4.69) is 5.32 Å². The van der Waals surface area contributed by atoms with Crippen LogP contribution in [0.5, 0.6) is 0 Å². The van der Waals surface area contributed by atoms with Crippen molar-refractivity contribution in [2.24, 2.45) is 5.41 Å². The fourth-order valence-corrected chi connectivity index (χ4v) is 4.22. The van der Waals surface area contributed by atoms with Gasteiger partial charge in [-0.15, -0.1) is 0 Å². The van der Waals surface area contributed by atoms with Crippen LogP contribution < -0.4 is 5.32 Å². The molecule has 3 rings (SSSR count). The number of nitrogens with zero attached hydrogens (tertiary/aromatic N) is 1. The average molecular weight is 318 g/mol. The molecular formula is C18H23FN2O2. The fraction of sp³-hybridized carbons (Fsp3) is 0.556. The average Bonchev–Trinajstić information content (AvgIpc) is 2.98. The highest BCUT2D eigenvalue weighted by atomic mass is 19.1. The van der Waals surface area contributed by atoms with E-state index in [4.69, 9.17) is 0 Å². The maximum absolute atomic E-state index is 13.0. The summed E-state index contributed by atoms with van der Waals surface area (Å²) in [6.07, 6.45) is 4.57. The van der Waals surface area contributed by atoms with Gasteiger partial charge in [-0.2, -0.15) is 0 Å². The van der Waals surface area contributed by atoms with E-state index in [0.29, 0.717) is 18.5 Å². The second-order valence-electron chi connectivity index (χ2n) is 6.64. The zero-order valence-corrected chi connectivity index (χ0v) is 13.5. The zero-order valence-electron chi connectivity index (χ0n) is 13.5. The first-order chi connectivity index (χ1) is 11.1. The number of piperidine rings is 1. The second-order valence-corrected chi connectivity index (χ2v) is 6.64. The number of fused-ring (bicyclic) bond motifs is 1. The first-order valence-electron chi connectivity index (χ1n) is 8.39. The van der Waals surface area contributed by atoms with E-state index < -0.39 is 0 Å². The number of carbonyl (C=O) groups excluding carboxylic acids is 2. The van der Waals surface area contributed by atoms with Crippen molar-refractivity contribution in [2.45, 2.75) is 45.1 Å². The van der Waals surface area contributed by atoms with Crippen molar-refractivity contribution in [3.8, 4) is 0 Å². The number of likely N-dealkylation sites (tertiary alicyclic amines) is 1. The minimum Gasteiger partial charge on any atom is -0.351 e. The number of carbonyl (C=O) groups is 2. The Kier molecular flexibility index (Phi) is 4.37. The molecule has 2 fully saturated rings. The molecule has 0 aromatic heterocycles. The quantitative estimate of drug-likeness (QED) is 0.928. The molecule has 5 heteroatoms. The van der Waals surface area contributed by atoms with Gasteiger partial charge in [-0.3, -0.25) is 9.59 Å². The lowest BCUT2D eigenvalue weighted by molar-refractivity contribution is -0.141. The Labute approximate surface area is 136 Å². The van der Waals surface area contributed by atoms with Crippen LogP contribution in [0.3, 0.4) is 0 Å². The fourth-order valence-electron chi connectivity index (χ4n) is 4.22. The number of rotatable bonds is 4. The summed E-state index contributed by atoms with van der Waals surface area (Å²) in [6.45, 7) is 3.33. The number of hydrogen-bond donors (Lipinski definition) is 1. The van der Waals surface area contributed by atoms with E-state index >= 15 is 0 Å². The summed E-state index contributed by atoms with van der Waals surface area (Å²) < 4.78 is 13.0. The molecular weight excluding hydrogens is 295 g/mol. The second kappa shape index (κ2) is 6.30. The van der Waals surface area contributed by atoms with Crippen molar-refractivity contribution in [3.63, 3.8) is 0 Å². The zero-order chi connectivity index (χ0) is 16.4. The molecule has 1 saturated carbocycles. The molecule has 0 radical (unpaired) electrons. The van der Waals surface area contributed by atoms with Gasteiger partial charge in [0.15, 0.2) is 0 Å². The molecule has 23 heavy (non-hydrogen) atoms. The summed E-state index contributed by atoms with van der Waals surface area (Å²) in [6, 6.07) is 5.82. The topological polar surface area (TPSA) is 49.4 Å². The highest BCUT2D eigenvalue weighted by Crippen LogP contribution is 2.47. The van der Waals surface area contributed by atoms with Gasteiger partial charge < -0.3 is 10.2 Å². The smallest absolute Gasteiger partial charge is 0.251 e. The summed E-state index contributed by atoms with van der Waals surface area (Å²) in [7, 11) is 0. The summed E-state index contributed by atoms with van der Waals surface area (Å²) in [4.78, 5) is 26.4. The van der Waals surface area contributed by atoms with Crippen LogP contribution in [0.4, 0.5) is 4.39 Å². The van der Waals surface area contributed by atoms with Gasteiger partial charge in [-0.1, -0.05) is 6.42 Å². The monoisotopic (exact) mass is 318 g/mol. The first kappa shape index (κ1) is 16.0. The SMILES string of the molecule is CCN1C(=O)CC[C@]2(CNC(=O)c3ccc(F)cc3)CCC[C@@H]12. The van der Waals surface area contributed by atoms with Crippen LogP contribution in [0.15, 0.2) is 24.3 Å². The van der Waals surface area contributed by atoms with Crippen molar-refractivity contribution < 1.29 is 14.0 Å². The predicted molar refractivity (Wildman–Crippen MR) is 85.4 cm³/mol.